The fraction of sp³-hybridized carbons (Fsp3) is 0.417. The second-order valence-electron chi connectivity index (χ2n) is 3.92. The van der Waals surface area contributed by atoms with Crippen LogP contribution >= 0.6 is 15.9 Å². The van der Waals surface area contributed by atoms with Gasteiger partial charge in [0.2, 0.25) is 0 Å². The highest BCUT2D eigenvalue weighted by Crippen LogP contribution is 2.36. The number of amides is 2. The molecule has 1 aromatic carbocycles. The van der Waals surface area contributed by atoms with Gasteiger partial charge in [-0.05, 0) is 24.6 Å². The fourth-order valence-electron chi connectivity index (χ4n) is 1.41. The maximum absolute atomic E-state index is 12.8. The van der Waals surface area contributed by atoms with Crippen molar-refractivity contribution in [1.82, 2.24) is 5.32 Å². The van der Waals surface area contributed by atoms with Gasteiger partial charge in [0.1, 0.15) is 0 Å². The zero-order valence-corrected chi connectivity index (χ0v) is 11.9. The highest BCUT2D eigenvalue weighted by molar-refractivity contribution is 9.10. The summed E-state index contributed by atoms with van der Waals surface area (Å²) in [6, 6.07) is 2.95. The van der Waals surface area contributed by atoms with Gasteiger partial charge >= 0.3 is 12.2 Å². The largest absolute Gasteiger partial charge is 0.418 e. The van der Waals surface area contributed by atoms with Gasteiger partial charge in [-0.3, -0.25) is 0 Å². The molecule has 1 aromatic rings. The van der Waals surface area contributed by atoms with Crippen LogP contribution in [0.4, 0.5) is 23.7 Å². The quantitative estimate of drug-likeness (QED) is 0.785. The molecule has 0 atom stereocenters. The van der Waals surface area contributed by atoms with Gasteiger partial charge in [-0.25, -0.2) is 4.79 Å². The van der Waals surface area contributed by atoms with Crippen LogP contribution in [0.25, 0.3) is 0 Å². The molecule has 0 heterocycles. The van der Waals surface area contributed by atoms with Gasteiger partial charge in [0.25, 0.3) is 0 Å². The highest BCUT2D eigenvalue weighted by Gasteiger charge is 2.34. The number of rotatable bonds is 4. The number of alkyl halides is 3. The molecule has 0 aliphatic carbocycles. The Morgan fingerprint density at radius 1 is 1.37 bits per heavy atom. The van der Waals surface area contributed by atoms with Crippen LogP contribution < -0.4 is 10.6 Å². The lowest BCUT2D eigenvalue weighted by atomic mass is 10.1. The van der Waals surface area contributed by atoms with Gasteiger partial charge in [-0.15, -0.1) is 0 Å². The summed E-state index contributed by atoms with van der Waals surface area (Å²) in [6.07, 6.45) is -2.85. The lowest BCUT2D eigenvalue weighted by Crippen LogP contribution is -2.30. The Hall–Kier alpha value is -1.24. The maximum Gasteiger partial charge on any atom is 0.418 e. The topological polar surface area (TPSA) is 41.1 Å². The molecule has 0 aliphatic rings. The predicted octanol–water partition coefficient (Wildman–Crippen LogP) is 4.39. The van der Waals surface area contributed by atoms with Crippen LogP contribution in [0.1, 0.15) is 25.3 Å². The summed E-state index contributed by atoms with van der Waals surface area (Å²) in [7, 11) is 0. The van der Waals surface area contributed by atoms with E-state index in [1.165, 1.54) is 12.1 Å². The first kappa shape index (κ1) is 15.8. The van der Waals surface area contributed by atoms with Gasteiger partial charge in [-0.1, -0.05) is 29.3 Å². The van der Waals surface area contributed by atoms with Crippen LogP contribution in [0.2, 0.25) is 0 Å². The summed E-state index contributed by atoms with van der Waals surface area (Å²) in [4.78, 5) is 11.5. The van der Waals surface area contributed by atoms with Crippen LogP contribution in [0.5, 0.6) is 0 Å². The van der Waals surface area contributed by atoms with Crippen molar-refractivity contribution < 1.29 is 18.0 Å². The van der Waals surface area contributed by atoms with Gasteiger partial charge in [0, 0.05) is 11.0 Å². The van der Waals surface area contributed by atoms with E-state index in [0.29, 0.717) is 11.0 Å². The maximum atomic E-state index is 12.8. The second kappa shape index (κ2) is 6.79. The van der Waals surface area contributed by atoms with E-state index in [4.69, 9.17) is 0 Å². The van der Waals surface area contributed by atoms with Crippen molar-refractivity contribution in [2.45, 2.75) is 25.9 Å². The Balaban J connectivity index is 2.80. The predicted molar refractivity (Wildman–Crippen MR) is 71.1 cm³/mol. The lowest BCUT2D eigenvalue weighted by Gasteiger charge is -2.14. The Labute approximate surface area is 117 Å². The molecule has 0 saturated carbocycles. The summed E-state index contributed by atoms with van der Waals surface area (Å²) in [5.41, 5.74) is -1.14. The molecule has 7 heteroatoms. The molecular formula is C12H14BrF3N2O. The third-order valence-corrected chi connectivity index (χ3v) is 2.84. The average molecular weight is 339 g/mol. The number of carbonyl (C=O) groups is 1. The SMILES string of the molecule is CCCCNC(=O)Nc1ccc(Br)cc1C(F)(F)F. The number of urea groups is 1. The molecule has 0 aliphatic heterocycles. The lowest BCUT2D eigenvalue weighted by molar-refractivity contribution is -0.136. The number of benzene rings is 1. The first-order valence-corrected chi connectivity index (χ1v) is 6.55. The molecule has 1 rings (SSSR count). The highest BCUT2D eigenvalue weighted by atomic mass is 79.9. The standard InChI is InChI=1S/C12H14BrF3N2O/c1-2-3-6-17-11(19)18-10-5-4-8(13)7-9(10)12(14,15)16/h4-5,7H,2-3,6H2,1H3,(H2,17,18,19). The Bertz CT molecular complexity index is 449. The van der Waals surface area contributed by atoms with Gasteiger partial charge in [0.15, 0.2) is 0 Å². The van der Waals surface area contributed by atoms with E-state index in [1.807, 2.05) is 6.92 Å². The van der Waals surface area contributed by atoms with E-state index < -0.39 is 17.8 Å². The number of hydrogen-bond donors (Lipinski definition) is 2. The number of hydrogen-bond acceptors (Lipinski definition) is 1. The van der Waals surface area contributed by atoms with Gasteiger partial charge < -0.3 is 10.6 Å². The van der Waals surface area contributed by atoms with Crippen LogP contribution in [0.15, 0.2) is 22.7 Å². The summed E-state index contributed by atoms with van der Waals surface area (Å²) in [5, 5.41) is 4.71. The van der Waals surface area contributed by atoms with Crippen molar-refractivity contribution in [1.29, 1.82) is 0 Å². The zero-order valence-electron chi connectivity index (χ0n) is 10.3. The molecule has 0 radical (unpaired) electrons. The van der Waals surface area contributed by atoms with Crippen molar-refractivity contribution in [2.24, 2.45) is 0 Å². The van der Waals surface area contributed by atoms with Crippen molar-refractivity contribution in [2.75, 3.05) is 11.9 Å². The minimum Gasteiger partial charge on any atom is -0.338 e. The molecule has 0 aromatic heterocycles. The molecule has 2 amide bonds. The fourth-order valence-corrected chi connectivity index (χ4v) is 1.77. The monoisotopic (exact) mass is 338 g/mol. The van der Waals surface area contributed by atoms with E-state index in [0.717, 1.165) is 18.9 Å². The summed E-state index contributed by atoms with van der Waals surface area (Å²) < 4.78 is 38.7. The average Bonchev–Trinajstić information content (AvgIpc) is 2.30. The Kier molecular flexibility index (Phi) is 5.65. The van der Waals surface area contributed by atoms with Crippen molar-refractivity contribution in [3.8, 4) is 0 Å². The minimum absolute atomic E-state index is 0.260. The molecule has 106 valence electrons. The van der Waals surface area contributed by atoms with E-state index >= 15 is 0 Å². The normalized spacial score (nSPS) is 11.2. The smallest absolute Gasteiger partial charge is 0.338 e. The molecule has 0 fully saturated rings. The summed E-state index contributed by atoms with van der Waals surface area (Å²) >= 11 is 2.98. The molecule has 0 saturated heterocycles. The molecule has 0 bridgehead atoms. The molecular weight excluding hydrogens is 325 g/mol. The van der Waals surface area contributed by atoms with Crippen molar-refractivity contribution >= 4 is 27.6 Å². The number of nitrogens with one attached hydrogen (secondary N) is 2. The number of anilines is 1. The van der Waals surface area contributed by atoms with E-state index in [9.17, 15) is 18.0 Å². The molecule has 0 spiro atoms. The minimum atomic E-state index is -4.52. The Morgan fingerprint density at radius 2 is 2.05 bits per heavy atom. The van der Waals surface area contributed by atoms with Crippen LogP contribution in [0, 0.1) is 0 Å². The van der Waals surface area contributed by atoms with Crippen LogP contribution in [-0.4, -0.2) is 12.6 Å². The van der Waals surface area contributed by atoms with Crippen molar-refractivity contribution in [3.63, 3.8) is 0 Å². The van der Waals surface area contributed by atoms with E-state index in [2.05, 4.69) is 26.6 Å². The zero-order chi connectivity index (χ0) is 14.5. The van der Waals surface area contributed by atoms with Gasteiger partial charge in [-0.2, -0.15) is 13.2 Å². The molecule has 2 N–H and O–H groups in total. The van der Waals surface area contributed by atoms with Crippen LogP contribution in [-0.2, 0) is 6.18 Å². The summed E-state index contributed by atoms with van der Waals surface area (Å²) in [6.45, 7) is 2.39. The first-order chi connectivity index (χ1) is 8.84. The summed E-state index contributed by atoms with van der Waals surface area (Å²) in [5.74, 6) is 0. The number of halogens is 4. The molecule has 0 unspecified atom stereocenters. The van der Waals surface area contributed by atoms with Crippen LogP contribution in [0.3, 0.4) is 0 Å². The molecule has 3 nitrogen and oxygen atoms in total. The third kappa shape index (κ3) is 5.10. The molecule has 19 heavy (non-hydrogen) atoms. The third-order valence-electron chi connectivity index (χ3n) is 2.35. The second-order valence-corrected chi connectivity index (χ2v) is 4.84. The number of unbranched alkanes of at least 4 members (excludes halogenated alkanes) is 1. The van der Waals surface area contributed by atoms with E-state index in [1.54, 1.807) is 0 Å². The van der Waals surface area contributed by atoms with Gasteiger partial charge in [0.05, 0.1) is 11.3 Å². The van der Waals surface area contributed by atoms with Crippen molar-refractivity contribution in [3.05, 3.63) is 28.2 Å². The Morgan fingerprint density at radius 3 is 2.63 bits per heavy atom. The first-order valence-electron chi connectivity index (χ1n) is 5.76. The number of carbonyl (C=O) groups excluding carboxylic acids is 1. The van der Waals surface area contributed by atoms with E-state index in [-0.39, 0.29) is 5.69 Å².